The number of hydrogen-bond donors (Lipinski definition) is 0. The highest BCUT2D eigenvalue weighted by Gasteiger charge is 2.33. The first kappa shape index (κ1) is 18.0. The number of ether oxygens (including phenoxy) is 1. The predicted octanol–water partition coefficient (Wildman–Crippen LogP) is 4.96. The smallest absolute Gasteiger partial charge is 0.412 e. The number of alkyl halides is 3. The average Bonchev–Trinajstić information content (AvgIpc) is 2.44. The van der Waals surface area contributed by atoms with Gasteiger partial charge in [-0.2, -0.15) is 13.2 Å². The zero-order chi connectivity index (χ0) is 16.6. The minimum absolute atomic E-state index is 0.0463. The van der Waals surface area contributed by atoms with E-state index in [9.17, 15) is 18.0 Å². The lowest BCUT2D eigenvalue weighted by molar-refractivity contribution is -0.140. The van der Waals surface area contributed by atoms with E-state index in [1.165, 1.54) is 0 Å². The van der Waals surface area contributed by atoms with E-state index in [-0.39, 0.29) is 19.4 Å². The number of halogens is 3. The van der Waals surface area contributed by atoms with Crippen molar-refractivity contribution < 1.29 is 22.7 Å². The Labute approximate surface area is 128 Å². The van der Waals surface area contributed by atoms with Gasteiger partial charge in [0.25, 0.3) is 0 Å². The molecule has 120 valence electrons. The summed E-state index contributed by atoms with van der Waals surface area (Å²) < 4.78 is 43.5. The van der Waals surface area contributed by atoms with Gasteiger partial charge in [0, 0.05) is 11.6 Å². The van der Waals surface area contributed by atoms with Gasteiger partial charge in [0.2, 0.25) is 0 Å². The molecule has 0 N–H and O–H groups in total. The molecule has 0 saturated heterocycles. The minimum atomic E-state index is -4.53. The van der Waals surface area contributed by atoms with E-state index in [2.05, 4.69) is 0 Å². The van der Waals surface area contributed by atoms with Crippen LogP contribution in [0.1, 0.15) is 32.3 Å². The second kappa shape index (κ2) is 8.41. The fourth-order valence-corrected chi connectivity index (χ4v) is 1.72. The summed E-state index contributed by atoms with van der Waals surface area (Å²) >= 11 is 0. The van der Waals surface area contributed by atoms with Crippen molar-refractivity contribution in [3.63, 3.8) is 0 Å². The van der Waals surface area contributed by atoms with Gasteiger partial charge < -0.3 is 4.74 Å². The molecule has 5 heteroatoms. The van der Waals surface area contributed by atoms with Crippen molar-refractivity contribution in [1.82, 2.24) is 0 Å². The normalized spacial score (nSPS) is 12.0. The maximum Gasteiger partial charge on any atom is 0.412 e. The first-order valence-corrected chi connectivity index (χ1v) is 6.91. The largest absolute Gasteiger partial charge is 0.458 e. The molecule has 0 atom stereocenters. The van der Waals surface area contributed by atoms with Crippen LogP contribution in [0.3, 0.4) is 0 Å². The van der Waals surface area contributed by atoms with Crippen LogP contribution in [0.4, 0.5) is 13.2 Å². The maximum absolute atomic E-state index is 12.9. The summed E-state index contributed by atoms with van der Waals surface area (Å²) in [4.78, 5) is 11.6. The number of rotatable bonds is 6. The number of hydrogen-bond acceptors (Lipinski definition) is 2. The van der Waals surface area contributed by atoms with E-state index in [4.69, 9.17) is 4.74 Å². The molecule has 1 aromatic carbocycles. The van der Waals surface area contributed by atoms with E-state index < -0.39 is 17.7 Å². The highest BCUT2D eigenvalue weighted by atomic mass is 19.4. The monoisotopic (exact) mass is 312 g/mol. The van der Waals surface area contributed by atoms with Crippen molar-refractivity contribution in [2.45, 2.75) is 39.5 Å². The van der Waals surface area contributed by atoms with Crippen LogP contribution in [0.5, 0.6) is 0 Å². The molecule has 2 nitrogen and oxygen atoms in total. The highest BCUT2D eigenvalue weighted by molar-refractivity contribution is 5.83. The highest BCUT2D eigenvalue weighted by Crippen LogP contribution is 2.29. The van der Waals surface area contributed by atoms with Gasteiger partial charge in [-0.15, -0.1) is 0 Å². The van der Waals surface area contributed by atoms with Crippen LogP contribution in [0.25, 0.3) is 0 Å². The van der Waals surface area contributed by atoms with Gasteiger partial charge in [-0.3, -0.25) is 0 Å². The van der Waals surface area contributed by atoms with Crippen LogP contribution >= 0.6 is 0 Å². The zero-order valence-electron chi connectivity index (χ0n) is 12.6. The van der Waals surface area contributed by atoms with Crippen LogP contribution in [-0.2, 0) is 16.1 Å². The third kappa shape index (κ3) is 7.11. The Balaban J connectivity index is 2.66. The van der Waals surface area contributed by atoms with Crippen molar-refractivity contribution in [2.75, 3.05) is 0 Å². The SMILES string of the molecule is CC(C)=CCC/C(=C/C(=O)OCc1ccccc1)C(F)(F)F. The van der Waals surface area contributed by atoms with E-state index in [1.54, 1.807) is 36.4 Å². The van der Waals surface area contributed by atoms with Gasteiger partial charge >= 0.3 is 12.1 Å². The molecule has 0 saturated carbocycles. The number of esters is 1. The second-order valence-electron chi connectivity index (χ2n) is 5.08. The summed E-state index contributed by atoms with van der Waals surface area (Å²) in [5, 5.41) is 0. The summed E-state index contributed by atoms with van der Waals surface area (Å²) in [6.07, 6.45) is -2.29. The Morgan fingerprint density at radius 1 is 1.18 bits per heavy atom. The first-order chi connectivity index (χ1) is 10.3. The van der Waals surface area contributed by atoms with Crippen molar-refractivity contribution in [3.8, 4) is 0 Å². The molecule has 1 rings (SSSR count). The first-order valence-electron chi connectivity index (χ1n) is 6.91. The van der Waals surface area contributed by atoms with E-state index in [1.807, 2.05) is 13.8 Å². The van der Waals surface area contributed by atoms with Crippen molar-refractivity contribution in [2.24, 2.45) is 0 Å². The fourth-order valence-electron chi connectivity index (χ4n) is 1.72. The van der Waals surface area contributed by atoms with Crippen LogP contribution in [0.2, 0.25) is 0 Å². The van der Waals surface area contributed by atoms with E-state index in [0.29, 0.717) is 6.08 Å². The third-order valence-corrected chi connectivity index (χ3v) is 2.85. The Morgan fingerprint density at radius 2 is 1.82 bits per heavy atom. The van der Waals surface area contributed by atoms with Crippen molar-refractivity contribution >= 4 is 5.97 Å². The molecule has 0 unspecified atom stereocenters. The van der Waals surface area contributed by atoms with E-state index >= 15 is 0 Å². The third-order valence-electron chi connectivity index (χ3n) is 2.85. The summed E-state index contributed by atoms with van der Waals surface area (Å²) in [7, 11) is 0. The minimum Gasteiger partial charge on any atom is -0.458 e. The van der Waals surface area contributed by atoms with Crippen LogP contribution in [-0.4, -0.2) is 12.1 Å². The molecule has 0 fully saturated rings. The van der Waals surface area contributed by atoms with Crippen molar-refractivity contribution in [1.29, 1.82) is 0 Å². The molecular formula is C17H19F3O2. The van der Waals surface area contributed by atoms with E-state index in [0.717, 1.165) is 11.1 Å². The second-order valence-corrected chi connectivity index (χ2v) is 5.08. The van der Waals surface area contributed by atoms with Crippen LogP contribution in [0.15, 0.2) is 53.6 Å². The van der Waals surface area contributed by atoms with Crippen LogP contribution in [0, 0.1) is 0 Å². The Bertz CT molecular complexity index is 539. The molecule has 0 radical (unpaired) electrons. The molecule has 1 aromatic rings. The predicted molar refractivity (Wildman–Crippen MR) is 79.0 cm³/mol. The standard InChI is InChI=1S/C17H19F3O2/c1-13(2)7-6-10-15(17(18,19)20)11-16(21)22-12-14-8-4-3-5-9-14/h3-5,7-9,11H,6,10,12H2,1-2H3/b15-11-. The summed E-state index contributed by atoms with van der Waals surface area (Å²) in [5.74, 6) is -0.978. The molecule has 0 aliphatic rings. The van der Waals surface area contributed by atoms with Gasteiger partial charge in [-0.05, 0) is 32.3 Å². The molecule has 0 aliphatic carbocycles. The quantitative estimate of drug-likeness (QED) is 0.421. The molecular weight excluding hydrogens is 293 g/mol. The maximum atomic E-state index is 12.9. The molecule has 0 aromatic heterocycles. The van der Waals surface area contributed by atoms with Gasteiger partial charge in [-0.1, -0.05) is 42.0 Å². The lowest BCUT2D eigenvalue weighted by atomic mass is 10.1. The zero-order valence-corrected chi connectivity index (χ0v) is 12.6. The number of benzene rings is 1. The summed E-state index contributed by atoms with van der Waals surface area (Å²) in [5.41, 5.74) is 0.790. The Kier molecular flexibility index (Phi) is 6.89. The molecule has 0 heterocycles. The molecule has 0 bridgehead atoms. The van der Waals surface area contributed by atoms with Gasteiger partial charge in [-0.25, -0.2) is 4.79 Å². The Hall–Kier alpha value is -2.04. The van der Waals surface area contributed by atoms with Gasteiger partial charge in [0.15, 0.2) is 0 Å². The Morgan fingerprint density at radius 3 is 2.36 bits per heavy atom. The lowest BCUT2D eigenvalue weighted by Crippen LogP contribution is -2.14. The number of carbonyl (C=O) groups is 1. The summed E-state index contributed by atoms with van der Waals surface area (Å²) in [6, 6.07) is 8.79. The van der Waals surface area contributed by atoms with Crippen LogP contribution < -0.4 is 0 Å². The van der Waals surface area contributed by atoms with Gasteiger partial charge in [0.05, 0.1) is 0 Å². The average molecular weight is 312 g/mol. The molecule has 0 aliphatic heterocycles. The summed E-state index contributed by atoms with van der Waals surface area (Å²) in [6.45, 7) is 3.57. The molecule has 22 heavy (non-hydrogen) atoms. The lowest BCUT2D eigenvalue weighted by Gasteiger charge is -2.11. The molecule has 0 amide bonds. The van der Waals surface area contributed by atoms with Gasteiger partial charge in [0.1, 0.15) is 6.61 Å². The number of allylic oxidation sites excluding steroid dienone is 3. The topological polar surface area (TPSA) is 26.3 Å². The number of carbonyl (C=O) groups excluding carboxylic acids is 1. The molecule has 0 spiro atoms. The van der Waals surface area contributed by atoms with Crippen molar-refractivity contribution in [3.05, 3.63) is 59.2 Å². The fraction of sp³-hybridized carbons (Fsp3) is 0.353.